The molecule has 0 bridgehead atoms. The minimum Gasteiger partial charge on any atom is -0.465 e. The van der Waals surface area contributed by atoms with Crippen molar-refractivity contribution in [3.05, 3.63) is 34.4 Å². The number of Topliss-reactive ketones (excluding diaryl/α,β-unsaturated/α-hetero) is 1. The highest BCUT2D eigenvalue weighted by Crippen LogP contribution is 2.42. The lowest BCUT2D eigenvalue weighted by molar-refractivity contribution is -0.126. The number of rotatable bonds is 1. The lowest BCUT2D eigenvalue weighted by Gasteiger charge is -2.46. The van der Waals surface area contributed by atoms with Crippen LogP contribution in [0.25, 0.3) is 0 Å². The van der Waals surface area contributed by atoms with Gasteiger partial charge in [-0.3, -0.25) is 4.79 Å². The van der Waals surface area contributed by atoms with Gasteiger partial charge < -0.3 is 14.7 Å². The summed E-state index contributed by atoms with van der Waals surface area (Å²) >= 11 is 0. The number of ketones is 1. The zero-order chi connectivity index (χ0) is 18.5. The molecule has 1 aromatic carbocycles. The van der Waals surface area contributed by atoms with Crippen LogP contribution in [0.3, 0.4) is 0 Å². The molecule has 2 heterocycles. The first-order chi connectivity index (χ1) is 11.6. The Morgan fingerprint density at radius 1 is 1.28 bits per heavy atom. The molecule has 1 fully saturated rings. The molecule has 25 heavy (non-hydrogen) atoms. The van der Waals surface area contributed by atoms with Crippen LogP contribution in [0.5, 0.6) is 0 Å². The minimum absolute atomic E-state index is 0.0470. The number of hydrogen-bond donors (Lipinski definition) is 1. The summed E-state index contributed by atoms with van der Waals surface area (Å²) in [6.07, 6.45) is -0.801. The lowest BCUT2D eigenvalue weighted by atomic mass is 9.69. The molecule has 0 radical (unpaired) electrons. The van der Waals surface area contributed by atoms with Crippen LogP contribution in [0, 0.1) is 12.3 Å². The number of nitrogens with zero attached hydrogens (tertiary/aromatic N) is 1. The summed E-state index contributed by atoms with van der Waals surface area (Å²) in [7, 11) is 0. The Balaban J connectivity index is 2.14. The van der Waals surface area contributed by atoms with E-state index < -0.39 is 23.5 Å². The third-order valence-corrected chi connectivity index (χ3v) is 5.27. The number of cyclic esters (lactones) is 1. The van der Waals surface area contributed by atoms with E-state index in [9.17, 15) is 19.5 Å². The highest BCUT2D eigenvalue weighted by molar-refractivity contribution is 5.95. The number of piperidine rings is 1. The number of ether oxygens (including phenoxy) is 1. The van der Waals surface area contributed by atoms with Crippen molar-refractivity contribution >= 4 is 17.8 Å². The SMILES string of the molecule is Cc1c(C2C(=O)CCN(C(=O)O)C2C(C)(C)C)ccc2c1COC2=O. The second kappa shape index (κ2) is 5.86. The van der Waals surface area contributed by atoms with Gasteiger partial charge in [0.2, 0.25) is 0 Å². The number of carbonyl (C=O) groups is 3. The number of hydrogen-bond acceptors (Lipinski definition) is 4. The number of carbonyl (C=O) groups excluding carboxylic acids is 2. The van der Waals surface area contributed by atoms with Gasteiger partial charge in [0.25, 0.3) is 0 Å². The standard InChI is InChI=1S/C19H23NO5/c1-10-11(5-6-12-13(10)9-25-17(12)22)15-14(21)7-8-20(18(23)24)16(15)19(2,3)4/h5-6,15-16H,7-9H2,1-4H3,(H,23,24). The molecular weight excluding hydrogens is 322 g/mol. The van der Waals surface area contributed by atoms with E-state index in [1.807, 2.05) is 27.7 Å². The Hall–Kier alpha value is -2.37. The van der Waals surface area contributed by atoms with E-state index in [1.165, 1.54) is 4.90 Å². The van der Waals surface area contributed by atoms with Gasteiger partial charge in [-0.25, -0.2) is 9.59 Å². The molecule has 1 saturated heterocycles. The summed E-state index contributed by atoms with van der Waals surface area (Å²) in [6, 6.07) is 3.02. The Bertz CT molecular complexity index is 762. The van der Waals surface area contributed by atoms with Crippen molar-refractivity contribution in [1.82, 2.24) is 4.90 Å². The van der Waals surface area contributed by atoms with Crippen LogP contribution in [-0.4, -0.2) is 40.4 Å². The maximum atomic E-state index is 12.8. The van der Waals surface area contributed by atoms with Crippen molar-refractivity contribution in [2.24, 2.45) is 5.41 Å². The second-order valence-electron chi connectivity index (χ2n) is 7.86. The first-order valence-corrected chi connectivity index (χ1v) is 8.44. The van der Waals surface area contributed by atoms with Crippen LogP contribution >= 0.6 is 0 Å². The molecular formula is C19H23NO5. The molecule has 0 spiro atoms. The first-order valence-electron chi connectivity index (χ1n) is 8.44. The first kappa shape index (κ1) is 17.5. The Morgan fingerprint density at radius 2 is 1.96 bits per heavy atom. The molecule has 6 nitrogen and oxygen atoms in total. The predicted octanol–water partition coefficient (Wildman–Crippen LogP) is 3.12. The summed E-state index contributed by atoms with van der Waals surface area (Å²) < 4.78 is 5.10. The number of carboxylic acid groups (broad SMARTS) is 1. The van der Waals surface area contributed by atoms with E-state index in [-0.39, 0.29) is 31.3 Å². The topological polar surface area (TPSA) is 83.9 Å². The zero-order valence-corrected chi connectivity index (χ0v) is 15.0. The van der Waals surface area contributed by atoms with E-state index >= 15 is 0 Å². The zero-order valence-electron chi connectivity index (χ0n) is 15.0. The molecule has 0 aromatic heterocycles. The van der Waals surface area contributed by atoms with Crippen LogP contribution in [0.2, 0.25) is 0 Å². The van der Waals surface area contributed by atoms with E-state index in [0.717, 1.165) is 16.7 Å². The number of fused-ring (bicyclic) bond motifs is 1. The highest BCUT2D eigenvalue weighted by atomic mass is 16.5. The molecule has 134 valence electrons. The third kappa shape index (κ3) is 2.79. The lowest BCUT2D eigenvalue weighted by Crippen LogP contribution is -2.56. The van der Waals surface area contributed by atoms with Gasteiger partial charge in [0.1, 0.15) is 12.4 Å². The van der Waals surface area contributed by atoms with Crippen LogP contribution in [0.15, 0.2) is 12.1 Å². The number of benzene rings is 1. The fourth-order valence-electron chi connectivity index (χ4n) is 4.11. The minimum atomic E-state index is -1.00. The van der Waals surface area contributed by atoms with Gasteiger partial charge in [-0.15, -0.1) is 0 Å². The molecule has 2 atom stereocenters. The molecule has 1 aromatic rings. The Kier molecular flexibility index (Phi) is 4.09. The average Bonchev–Trinajstić information content (AvgIpc) is 2.89. The maximum absolute atomic E-state index is 12.8. The van der Waals surface area contributed by atoms with Crippen molar-refractivity contribution in [3.63, 3.8) is 0 Å². The summed E-state index contributed by atoms with van der Waals surface area (Å²) in [5.74, 6) is -0.837. The van der Waals surface area contributed by atoms with Gasteiger partial charge >= 0.3 is 12.1 Å². The molecule has 3 rings (SSSR count). The van der Waals surface area contributed by atoms with Crippen LogP contribution < -0.4 is 0 Å². The molecule has 1 amide bonds. The van der Waals surface area contributed by atoms with E-state index in [1.54, 1.807) is 12.1 Å². The molecule has 1 N–H and O–H groups in total. The highest BCUT2D eigenvalue weighted by Gasteiger charge is 2.47. The predicted molar refractivity (Wildman–Crippen MR) is 90.6 cm³/mol. The van der Waals surface area contributed by atoms with Crippen LogP contribution in [0.1, 0.15) is 60.2 Å². The van der Waals surface area contributed by atoms with Gasteiger partial charge in [0.05, 0.1) is 17.5 Å². The summed E-state index contributed by atoms with van der Waals surface area (Å²) in [4.78, 5) is 37.7. The molecule has 2 unspecified atom stereocenters. The molecule has 2 aliphatic rings. The van der Waals surface area contributed by atoms with E-state index in [0.29, 0.717) is 5.56 Å². The normalized spacial score (nSPS) is 23.4. The largest absolute Gasteiger partial charge is 0.465 e. The van der Waals surface area contributed by atoms with Crippen molar-refractivity contribution in [2.75, 3.05) is 6.54 Å². The van der Waals surface area contributed by atoms with Crippen molar-refractivity contribution in [2.45, 2.75) is 52.7 Å². The van der Waals surface area contributed by atoms with Crippen LogP contribution in [0.4, 0.5) is 4.79 Å². The summed E-state index contributed by atoms with van der Waals surface area (Å²) in [5.41, 5.74) is 2.58. The second-order valence-corrected chi connectivity index (χ2v) is 7.86. The Labute approximate surface area is 146 Å². The summed E-state index contributed by atoms with van der Waals surface area (Å²) in [6.45, 7) is 8.16. The molecule has 0 saturated carbocycles. The summed E-state index contributed by atoms with van der Waals surface area (Å²) in [5, 5.41) is 9.63. The maximum Gasteiger partial charge on any atom is 0.407 e. The monoisotopic (exact) mass is 345 g/mol. The van der Waals surface area contributed by atoms with Gasteiger partial charge in [-0.2, -0.15) is 0 Å². The fraction of sp³-hybridized carbons (Fsp3) is 0.526. The van der Waals surface area contributed by atoms with Gasteiger partial charge in [0.15, 0.2) is 0 Å². The van der Waals surface area contributed by atoms with Gasteiger partial charge in [-0.1, -0.05) is 26.8 Å². The van der Waals surface area contributed by atoms with E-state index in [4.69, 9.17) is 4.74 Å². The number of esters is 1. The average molecular weight is 345 g/mol. The van der Waals surface area contributed by atoms with Gasteiger partial charge in [-0.05, 0) is 29.5 Å². The smallest absolute Gasteiger partial charge is 0.407 e. The number of likely N-dealkylation sites (tertiary alicyclic amines) is 1. The molecule has 0 aliphatic carbocycles. The van der Waals surface area contributed by atoms with Crippen molar-refractivity contribution in [1.29, 1.82) is 0 Å². The van der Waals surface area contributed by atoms with Gasteiger partial charge in [0, 0.05) is 18.5 Å². The van der Waals surface area contributed by atoms with Crippen molar-refractivity contribution in [3.8, 4) is 0 Å². The molecule has 6 heteroatoms. The van der Waals surface area contributed by atoms with Crippen molar-refractivity contribution < 1.29 is 24.2 Å². The Morgan fingerprint density at radius 3 is 2.56 bits per heavy atom. The third-order valence-electron chi connectivity index (χ3n) is 5.27. The fourth-order valence-corrected chi connectivity index (χ4v) is 4.11. The molecule has 2 aliphatic heterocycles. The number of amides is 1. The van der Waals surface area contributed by atoms with Crippen LogP contribution in [-0.2, 0) is 16.1 Å². The quantitative estimate of drug-likeness (QED) is 0.791. The van der Waals surface area contributed by atoms with E-state index in [2.05, 4.69) is 0 Å².